The number of non-ortho nitro benzene ring substituents is 1. The number of nitro groups is 1. The van der Waals surface area contributed by atoms with E-state index in [0.717, 1.165) is 16.9 Å². The van der Waals surface area contributed by atoms with Crippen molar-refractivity contribution in [1.82, 2.24) is 14.8 Å². The number of ether oxygens (including phenoxy) is 1. The van der Waals surface area contributed by atoms with Crippen molar-refractivity contribution in [2.24, 2.45) is 7.05 Å². The fraction of sp³-hybridized carbons (Fsp3) is 0.250. The van der Waals surface area contributed by atoms with Crippen molar-refractivity contribution in [2.75, 3.05) is 11.1 Å². The van der Waals surface area contributed by atoms with Crippen molar-refractivity contribution in [3.63, 3.8) is 0 Å². The summed E-state index contributed by atoms with van der Waals surface area (Å²) in [6.45, 7) is 4.28. The Morgan fingerprint density at radius 3 is 2.63 bits per heavy atom. The van der Waals surface area contributed by atoms with Crippen LogP contribution in [0.15, 0.2) is 47.6 Å². The second kappa shape index (κ2) is 9.40. The first-order valence-corrected chi connectivity index (χ1v) is 10.1. The Hall–Kier alpha value is -3.40. The van der Waals surface area contributed by atoms with Crippen LogP contribution in [0.3, 0.4) is 0 Å². The molecule has 0 saturated carbocycles. The Labute approximate surface area is 177 Å². The van der Waals surface area contributed by atoms with Crippen LogP contribution in [-0.4, -0.2) is 31.3 Å². The molecular weight excluding hydrogens is 406 g/mol. The van der Waals surface area contributed by atoms with E-state index in [1.807, 2.05) is 26.0 Å². The van der Waals surface area contributed by atoms with E-state index in [4.69, 9.17) is 4.74 Å². The second-order valence-electron chi connectivity index (χ2n) is 6.71. The van der Waals surface area contributed by atoms with Gasteiger partial charge >= 0.3 is 0 Å². The van der Waals surface area contributed by atoms with Gasteiger partial charge in [0.1, 0.15) is 12.4 Å². The van der Waals surface area contributed by atoms with Crippen LogP contribution in [0.25, 0.3) is 0 Å². The number of anilines is 1. The smallest absolute Gasteiger partial charge is 0.271 e. The van der Waals surface area contributed by atoms with Gasteiger partial charge < -0.3 is 14.6 Å². The van der Waals surface area contributed by atoms with E-state index in [-0.39, 0.29) is 24.0 Å². The average molecular weight is 427 g/mol. The van der Waals surface area contributed by atoms with E-state index in [9.17, 15) is 14.9 Å². The first-order chi connectivity index (χ1) is 14.3. The molecule has 0 radical (unpaired) electrons. The molecule has 3 aromatic rings. The number of amides is 1. The van der Waals surface area contributed by atoms with Gasteiger partial charge in [0.15, 0.2) is 11.0 Å². The van der Waals surface area contributed by atoms with E-state index in [2.05, 4.69) is 21.6 Å². The minimum atomic E-state index is -0.508. The molecule has 1 aromatic heterocycles. The molecule has 0 atom stereocenters. The fourth-order valence-corrected chi connectivity index (χ4v) is 3.51. The summed E-state index contributed by atoms with van der Waals surface area (Å²) >= 11 is 1.22. The fourth-order valence-electron chi connectivity index (χ4n) is 2.78. The molecule has 0 fully saturated rings. The van der Waals surface area contributed by atoms with Crippen LogP contribution in [0, 0.1) is 24.0 Å². The van der Waals surface area contributed by atoms with Gasteiger partial charge in [0, 0.05) is 24.9 Å². The van der Waals surface area contributed by atoms with Crippen molar-refractivity contribution in [3.8, 4) is 5.75 Å². The van der Waals surface area contributed by atoms with Gasteiger partial charge in [-0.15, -0.1) is 10.2 Å². The predicted octanol–water partition coefficient (Wildman–Crippen LogP) is 3.65. The van der Waals surface area contributed by atoms with Crippen LogP contribution in [0.2, 0.25) is 0 Å². The zero-order valence-corrected chi connectivity index (χ0v) is 17.6. The molecule has 3 rings (SSSR count). The quantitative estimate of drug-likeness (QED) is 0.332. The molecule has 156 valence electrons. The molecule has 0 aliphatic rings. The number of hydrogen-bond donors (Lipinski definition) is 1. The van der Waals surface area contributed by atoms with Crippen LogP contribution in [0.5, 0.6) is 5.75 Å². The summed E-state index contributed by atoms with van der Waals surface area (Å²) in [6, 6.07) is 11.8. The van der Waals surface area contributed by atoms with Crippen molar-refractivity contribution < 1.29 is 14.5 Å². The van der Waals surface area contributed by atoms with Gasteiger partial charge in [0.2, 0.25) is 5.91 Å². The number of aryl methyl sites for hydroxylation is 2. The second-order valence-corrected chi connectivity index (χ2v) is 7.66. The maximum atomic E-state index is 12.2. The van der Waals surface area contributed by atoms with Gasteiger partial charge in [-0.05, 0) is 43.2 Å². The van der Waals surface area contributed by atoms with Crippen LogP contribution in [-0.2, 0) is 18.4 Å². The number of benzene rings is 2. The number of nitrogens with zero attached hydrogens (tertiary/aromatic N) is 4. The summed E-state index contributed by atoms with van der Waals surface area (Å²) in [6.07, 6.45) is 0. The highest BCUT2D eigenvalue weighted by Crippen LogP contribution is 2.21. The lowest BCUT2D eigenvalue weighted by atomic mass is 10.1. The summed E-state index contributed by atoms with van der Waals surface area (Å²) in [5.74, 6) is 1.19. The first kappa shape index (κ1) is 21.3. The molecule has 0 spiro atoms. The Morgan fingerprint density at radius 1 is 1.20 bits per heavy atom. The summed E-state index contributed by atoms with van der Waals surface area (Å²) in [7, 11) is 1.81. The molecule has 1 heterocycles. The van der Waals surface area contributed by atoms with Crippen molar-refractivity contribution in [2.45, 2.75) is 25.6 Å². The highest BCUT2D eigenvalue weighted by Gasteiger charge is 2.13. The van der Waals surface area contributed by atoms with Crippen molar-refractivity contribution in [3.05, 3.63) is 69.5 Å². The number of nitro benzene ring substituents is 1. The number of nitrogens with one attached hydrogen (secondary N) is 1. The van der Waals surface area contributed by atoms with Crippen LogP contribution in [0.4, 0.5) is 11.4 Å². The third kappa shape index (κ3) is 5.57. The van der Waals surface area contributed by atoms with E-state index in [1.165, 1.54) is 30.0 Å². The maximum Gasteiger partial charge on any atom is 0.271 e. The summed E-state index contributed by atoms with van der Waals surface area (Å²) in [4.78, 5) is 22.5. The summed E-state index contributed by atoms with van der Waals surface area (Å²) in [5, 5.41) is 22.3. The third-order valence-electron chi connectivity index (χ3n) is 4.16. The lowest BCUT2D eigenvalue weighted by molar-refractivity contribution is -0.384. The largest absolute Gasteiger partial charge is 0.486 e. The number of aromatic nitrogens is 3. The number of hydrogen-bond acceptors (Lipinski definition) is 7. The Morgan fingerprint density at radius 2 is 1.93 bits per heavy atom. The molecule has 0 unspecified atom stereocenters. The van der Waals surface area contributed by atoms with Gasteiger partial charge in [-0.2, -0.15) is 0 Å². The van der Waals surface area contributed by atoms with Gasteiger partial charge in [0.25, 0.3) is 5.69 Å². The highest BCUT2D eigenvalue weighted by molar-refractivity contribution is 7.99. The number of rotatable bonds is 8. The van der Waals surface area contributed by atoms with Gasteiger partial charge in [0.05, 0.1) is 10.7 Å². The Kier molecular flexibility index (Phi) is 6.68. The average Bonchev–Trinajstić information content (AvgIpc) is 3.04. The lowest BCUT2D eigenvalue weighted by Crippen LogP contribution is -2.14. The molecule has 1 N–H and O–H groups in total. The van der Waals surface area contributed by atoms with Gasteiger partial charge in [-0.25, -0.2) is 0 Å². The number of carbonyl (C=O) groups excluding carboxylic acids is 1. The minimum absolute atomic E-state index is 0.0813. The standard InChI is InChI=1S/C20H21N5O4S/c1-13-7-14(2)9-17(8-13)29-11-18-22-23-20(24(18)3)30-12-19(26)21-15-5-4-6-16(10-15)25(27)28/h4-10H,11-12H2,1-3H3,(H,21,26). The lowest BCUT2D eigenvalue weighted by Gasteiger charge is -2.08. The molecule has 0 aliphatic carbocycles. The third-order valence-corrected chi connectivity index (χ3v) is 5.18. The van der Waals surface area contributed by atoms with Crippen LogP contribution >= 0.6 is 11.8 Å². The molecule has 9 nitrogen and oxygen atoms in total. The molecule has 0 bridgehead atoms. The SMILES string of the molecule is Cc1cc(C)cc(OCc2nnc(SCC(=O)Nc3cccc([N+](=O)[O-])c3)n2C)c1. The van der Waals surface area contributed by atoms with Gasteiger partial charge in [-0.3, -0.25) is 14.9 Å². The van der Waals surface area contributed by atoms with Crippen LogP contribution in [0.1, 0.15) is 17.0 Å². The predicted molar refractivity (Wildman–Crippen MR) is 114 cm³/mol. The minimum Gasteiger partial charge on any atom is -0.486 e. The van der Waals surface area contributed by atoms with Crippen molar-refractivity contribution in [1.29, 1.82) is 0 Å². The maximum absolute atomic E-state index is 12.2. The van der Waals surface area contributed by atoms with E-state index >= 15 is 0 Å². The van der Waals surface area contributed by atoms with Crippen LogP contribution < -0.4 is 10.1 Å². The van der Waals surface area contributed by atoms with E-state index < -0.39 is 4.92 Å². The molecule has 1 amide bonds. The molecule has 2 aromatic carbocycles. The van der Waals surface area contributed by atoms with Crippen molar-refractivity contribution >= 4 is 29.0 Å². The summed E-state index contributed by atoms with van der Waals surface area (Å²) < 4.78 is 7.59. The Bertz CT molecular complexity index is 1060. The Balaban J connectivity index is 1.55. The molecular formula is C20H21N5O4S. The number of thioether (sulfide) groups is 1. The monoisotopic (exact) mass is 427 g/mol. The van der Waals surface area contributed by atoms with E-state index in [1.54, 1.807) is 17.7 Å². The highest BCUT2D eigenvalue weighted by atomic mass is 32.2. The van der Waals surface area contributed by atoms with E-state index in [0.29, 0.717) is 16.7 Å². The normalized spacial score (nSPS) is 10.6. The first-order valence-electron chi connectivity index (χ1n) is 9.08. The molecule has 10 heteroatoms. The zero-order chi connectivity index (χ0) is 21.7. The molecule has 0 aliphatic heterocycles. The number of carbonyl (C=O) groups is 1. The molecule has 0 saturated heterocycles. The zero-order valence-electron chi connectivity index (χ0n) is 16.8. The molecule has 30 heavy (non-hydrogen) atoms. The van der Waals surface area contributed by atoms with Gasteiger partial charge in [-0.1, -0.05) is 23.9 Å². The topological polar surface area (TPSA) is 112 Å². The summed E-state index contributed by atoms with van der Waals surface area (Å²) in [5.41, 5.74) is 2.53.